The Morgan fingerprint density at radius 2 is 2.19 bits per heavy atom. The Morgan fingerprint density at radius 3 is 2.94 bits per heavy atom. The molecular weight excluding hydrogens is 218 g/mol. The van der Waals surface area contributed by atoms with Crippen molar-refractivity contribution in [2.24, 2.45) is 5.84 Å². The van der Waals surface area contributed by atoms with Gasteiger partial charge in [-0.1, -0.05) is 12.8 Å². The Morgan fingerprint density at radius 1 is 1.38 bits per heavy atom. The first kappa shape index (κ1) is 10.1. The molecule has 2 aromatic rings. The van der Waals surface area contributed by atoms with E-state index in [1.54, 1.807) is 11.3 Å². The van der Waals surface area contributed by atoms with Crippen LogP contribution in [0.2, 0.25) is 0 Å². The van der Waals surface area contributed by atoms with Crippen LogP contribution in [-0.2, 0) is 0 Å². The van der Waals surface area contributed by atoms with E-state index in [2.05, 4.69) is 22.9 Å². The highest BCUT2D eigenvalue weighted by Crippen LogP contribution is 2.36. The van der Waals surface area contributed by atoms with E-state index in [1.165, 1.54) is 31.4 Å². The van der Waals surface area contributed by atoms with Crippen LogP contribution in [0.1, 0.15) is 37.3 Å². The van der Waals surface area contributed by atoms with Crippen molar-refractivity contribution in [1.29, 1.82) is 0 Å². The normalized spacial score (nSPS) is 17.1. The van der Waals surface area contributed by atoms with Gasteiger partial charge in [-0.3, -0.25) is 10.8 Å². The fourth-order valence-electron chi connectivity index (χ4n) is 2.51. The van der Waals surface area contributed by atoms with E-state index in [9.17, 15) is 0 Å². The maximum absolute atomic E-state index is 5.57. The number of thiophene rings is 1. The molecule has 0 aromatic carbocycles. The molecule has 2 heterocycles. The Labute approximate surface area is 98.7 Å². The zero-order valence-electron chi connectivity index (χ0n) is 9.07. The summed E-state index contributed by atoms with van der Waals surface area (Å²) in [6, 6.07) is 4.19. The molecule has 0 bridgehead atoms. The molecular formula is C12H15N3S. The molecule has 3 rings (SSSR count). The minimum atomic E-state index is 0.636. The standard InChI is InChI=1S/C12H15N3S/c13-15-11-7-10(8-3-1-2-4-8)14-9-5-6-16-12(9)11/h5-8H,1-4,13H2,(H,14,15). The summed E-state index contributed by atoms with van der Waals surface area (Å²) < 4.78 is 1.16. The number of hydrazine groups is 1. The lowest BCUT2D eigenvalue weighted by Crippen LogP contribution is -2.08. The van der Waals surface area contributed by atoms with Crippen molar-refractivity contribution in [2.75, 3.05) is 5.43 Å². The lowest BCUT2D eigenvalue weighted by molar-refractivity contribution is 0.701. The van der Waals surface area contributed by atoms with Gasteiger partial charge < -0.3 is 5.43 Å². The molecule has 0 spiro atoms. The first-order chi connectivity index (χ1) is 7.88. The summed E-state index contributed by atoms with van der Waals surface area (Å²) in [5, 5.41) is 2.07. The number of hydrogen-bond donors (Lipinski definition) is 2. The number of anilines is 1. The number of nitrogens with zero attached hydrogens (tertiary/aromatic N) is 1. The van der Waals surface area contributed by atoms with Gasteiger partial charge in [0.2, 0.25) is 0 Å². The molecule has 84 valence electrons. The van der Waals surface area contributed by atoms with E-state index in [0.29, 0.717) is 5.92 Å². The van der Waals surface area contributed by atoms with E-state index >= 15 is 0 Å². The molecule has 2 aromatic heterocycles. The molecule has 1 saturated carbocycles. The predicted octanol–water partition coefficient (Wildman–Crippen LogP) is 3.24. The molecule has 0 unspecified atom stereocenters. The van der Waals surface area contributed by atoms with Crippen LogP contribution in [0.4, 0.5) is 5.69 Å². The fourth-order valence-corrected chi connectivity index (χ4v) is 3.33. The maximum Gasteiger partial charge on any atom is 0.0834 e. The second-order valence-electron chi connectivity index (χ2n) is 4.36. The number of fused-ring (bicyclic) bond motifs is 1. The quantitative estimate of drug-likeness (QED) is 0.618. The summed E-state index contributed by atoms with van der Waals surface area (Å²) in [6.45, 7) is 0. The van der Waals surface area contributed by atoms with Crippen LogP contribution in [0.25, 0.3) is 10.2 Å². The number of pyridine rings is 1. The summed E-state index contributed by atoms with van der Waals surface area (Å²) in [4.78, 5) is 4.74. The molecule has 0 amide bonds. The van der Waals surface area contributed by atoms with Gasteiger partial charge in [0.05, 0.1) is 15.9 Å². The van der Waals surface area contributed by atoms with Crippen LogP contribution < -0.4 is 11.3 Å². The summed E-state index contributed by atoms with van der Waals surface area (Å²) in [5.41, 5.74) is 6.08. The van der Waals surface area contributed by atoms with Gasteiger partial charge in [0.15, 0.2) is 0 Å². The maximum atomic E-state index is 5.57. The van der Waals surface area contributed by atoms with E-state index in [-0.39, 0.29) is 0 Å². The molecule has 4 heteroatoms. The van der Waals surface area contributed by atoms with Gasteiger partial charge in [-0.25, -0.2) is 0 Å². The number of nitrogens with two attached hydrogens (primary N) is 1. The molecule has 3 nitrogen and oxygen atoms in total. The zero-order chi connectivity index (χ0) is 11.0. The van der Waals surface area contributed by atoms with Crippen LogP contribution in [-0.4, -0.2) is 4.98 Å². The Balaban J connectivity index is 2.10. The minimum Gasteiger partial charge on any atom is -0.323 e. The lowest BCUT2D eigenvalue weighted by atomic mass is 10.0. The first-order valence-corrected chi connectivity index (χ1v) is 6.61. The molecule has 0 aliphatic heterocycles. The van der Waals surface area contributed by atoms with Gasteiger partial charge in [-0.2, -0.15) is 0 Å². The molecule has 1 fully saturated rings. The highest BCUT2D eigenvalue weighted by molar-refractivity contribution is 7.17. The average molecular weight is 233 g/mol. The van der Waals surface area contributed by atoms with Crippen molar-refractivity contribution in [3.05, 3.63) is 23.2 Å². The monoisotopic (exact) mass is 233 g/mol. The Kier molecular flexibility index (Phi) is 2.53. The Hall–Kier alpha value is -1.13. The number of nitrogens with one attached hydrogen (secondary N) is 1. The number of rotatable bonds is 2. The minimum absolute atomic E-state index is 0.636. The van der Waals surface area contributed by atoms with E-state index in [1.807, 2.05) is 0 Å². The van der Waals surface area contributed by atoms with Gasteiger partial charge in [0.25, 0.3) is 0 Å². The van der Waals surface area contributed by atoms with Crippen molar-refractivity contribution in [3.8, 4) is 0 Å². The van der Waals surface area contributed by atoms with Crippen molar-refractivity contribution < 1.29 is 0 Å². The smallest absolute Gasteiger partial charge is 0.0834 e. The summed E-state index contributed by atoms with van der Waals surface area (Å²) >= 11 is 1.68. The van der Waals surface area contributed by atoms with E-state index in [0.717, 1.165) is 15.9 Å². The average Bonchev–Trinajstić information content (AvgIpc) is 2.97. The van der Waals surface area contributed by atoms with Crippen LogP contribution >= 0.6 is 11.3 Å². The van der Waals surface area contributed by atoms with Gasteiger partial charge in [-0.05, 0) is 30.4 Å². The fraction of sp³-hybridized carbons (Fsp3) is 0.417. The van der Waals surface area contributed by atoms with Gasteiger partial charge in [-0.15, -0.1) is 11.3 Å². The van der Waals surface area contributed by atoms with Crippen molar-refractivity contribution in [3.63, 3.8) is 0 Å². The topological polar surface area (TPSA) is 50.9 Å². The summed E-state index contributed by atoms with van der Waals surface area (Å²) in [5.74, 6) is 6.21. The second-order valence-corrected chi connectivity index (χ2v) is 5.27. The summed E-state index contributed by atoms with van der Waals surface area (Å²) in [6.07, 6.45) is 5.21. The first-order valence-electron chi connectivity index (χ1n) is 5.73. The molecule has 1 aliphatic carbocycles. The highest BCUT2D eigenvalue weighted by atomic mass is 32.1. The summed E-state index contributed by atoms with van der Waals surface area (Å²) in [7, 11) is 0. The molecule has 16 heavy (non-hydrogen) atoms. The third kappa shape index (κ3) is 1.58. The van der Waals surface area contributed by atoms with E-state index in [4.69, 9.17) is 10.8 Å². The van der Waals surface area contributed by atoms with Crippen LogP contribution in [0, 0.1) is 0 Å². The van der Waals surface area contributed by atoms with Gasteiger partial charge in [0, 0.05) is 11.6 Å². The van der Waals surface area contributed by atoms with Crippen molar-refractivity contribution in [2.45, 2.75) is 31.6 Å². The van der Waals surface area contributed by atoms with Crippen LogP contribution in [0.5, 0.6) is 0 Å². The number of nitrogen functional groups attached to an aromatic ring is 1. The number of hydrogen-bond acceptors (Lipinski definition) is 4. The molecule has 0 radical (unpaired) electrons. The predicted molar refractivity (Wildman–Crippen MR) is 68.6 cm³/mol. The SMILES string of the molecule is NNc1cc(C2CCCC2)nc2ccsc12. The second kappa shape index (κ2) is 4.03. The molecule has 0 saturated heterocycles. The molecule has 1 aliphatic rings. The third-order valence-electron chi connectivity index (χ3n) is 3.36. The van der Waals surface area contributed by atoms with Gasteiger partial charge in [0.1, 0.15) is 0 Å². The number of aromatic nitrogens is 1. The molecule has 0 atom stereocenters. The van der Waals surface area contributed by atoms with Gasteiger partial charge >= 0.3 is 0 Å². The van der Waals surface area contributed by atoms with Crippen LogP contribution in [0.15, 0.2) is 17.5 Å². The zero-order valence-corrected chi connectivity index (χ0v) is 9.89. The molecule has 3 N–H and O–H groups in total. The third-order valence-corrected chi connectivity index (χ3v) is 4.30. The van der Waals surface area contributed by atoms with Crippen LogP contribution in [0.3, 0.4) is 0 Å². The van der Waals surface area contributed by atoms with E-state index < -0.39 is 0 Å². The van der Waals surface area contributed by atoms with Crippen molar-refractivity contribution >= 4 is 27.2 Å². The highest BCUT2D eigenvalue weighted by Gasteiger charge is 2.19. The van der Waals surface area contributed by atoms with Crippen molar-refractivity contribution in [1.82, 2.24) is 4.98 Å². The largest absolute Gasteiger partial charge is 0.323 e. The lowest BCUT2D eigenvalue weighted by Gasteiger charge is -2.11. The Bertz CT molecular complexity index is 500.